The molecule has 0 aliphatic rings. The van der Waals surface area contributed by atoms with E-state index in [2.05, 4.69) is 15.0 Å². The van der Waals surface area contributed by atoms with E-state index < -0.39 is 16.1 Å². The van der Waals surface area contributed by atoms with Gasteiger partial charge in [-0.05, 0) is 24.3 Å². The van der Waals surface area contributed by atoms with Crippen LogP contribution in [0.15, 0.2) is 68.3 Å². The molecule has 0 atom stereocenters. The average molecular weight is 496 g/mol. The number of thiazole rings is 1. The number of sulfonamides is 1. The van der Waals surface area contributed by atoms with Crippen LogP contribution in [0.1, 0.15) is 5.69 Å². The maximum atomic E-state index is 12.9. The molecular formula is C19H14ClN3O5S3. The lowest BCUT2D eigenvalue weighted by molar-refractivity contribution is 0.209. The topological polar surface area (TPSA) is 122 Å². The number of benzene rings is 2. The van der Waals surface area contributed by atoms with Crippen molar-refractivity contribution in [1.82, 2.24) is 4.98 Å². The van der Waals surface area contributed by atoms with Crippen LogP contribution in [-0.2, 0) is 15.8 Å². The lowest BCUT2D eigenvalue weighted by atomic mass is 10.3. The summed E-state index contributed by atoms with van der Waals surface area (Å²) in [6.45, 7) is 0. The number of rotatable bonds is 7. The third-order valence-electron chi connectivity index (χ3n) is 3.99. The summed E-state index contributed by atoms with van der Waals surface area (Å²) >= 11 is 8.59. The van der Waals surface area contributed by atoms with Crippen LogP contribution in [0.3, 0.4) is 0 Å². The van der Waals surface area contributed by atoms with Crippen molar-refractivity contribution < 1.29 is 22.7 Å². The van der Waals surface area contributed by atoms with E-state index in [4.69, 9.17) is 21.1 Å². The van der Waals surface area contributed by atoms with Crippen LogP contribution in [0.5, 0.6) is 0 Å². The predicted molar refractivity (Wildman–Crippen MR) is 122 cm³/mol. The number of amides is 1. The molecule has 3 N–H and O–H groups in total. The number of fused-ring (bicyclic) bond motifs is 1. The first-order valence-electron chi connectivity index (χ1n) is 8.68. The Morgan fingerprint density at radius 2 is 2.03 bits per heavy atom. The molecule has 12 heteroatoms. The number of aromatic nitrogens is 1. The molecular weight excluding hydrogens is 482 g/mol. The fraction of sp³-hybridized carbons (Fsp3) is 0.0526. The molecule has 2 heterocycles. The maximum Gasteiger partial charge on any atom is 0.410 e. The highest BCUT2D eigenvalue weighted by atomic mass is 35.5. The number of thioether (sulfide) groups is 1. The second kappa shape index (κ2) is 8.79. The van der Waals surface area contributed by atoms with Gasteiger partial charge in [-0.1, -0.05) is 29.8 Å². The van der Waals surface area contributed by atoms with Crippen molar-refractivity contribution in [2.24, 2.45) is 0 Å². The van der Waals surface area contributed by atoms with Crippen LogP contribution in [0.4, 0.5) is 15.6 Å². The standard InChI is InChI=1S/C19H14ClN3O5S3/c20-12-5-6-16(29-9-13-10-30-18(21-13)22-19(24)25)14(8-12)23-31(26,27)17-7-11-3-1-2-4-15(11)28-17/h1-8,10,23H,9H2,(H,21,22)(H,24,25). The SMILES string of the molecule is O=C(O)Nc1nc(CSc2ccc(Cl)cc2NS(=O)(=O)c2cc3ccccc3o2)cs1. The number of hydrogen-bond donors (Lipinski definition) is 3. The average Bonchev–Trinajstić information content (AvgIpc) is 3.33. The molecule has 0 aliphatic carbocycles. The van der Waals surface area contributed by atoms with Crippen molar-refractivity contribution in [3.05, 3.63) is 64.6 Å². The Morgan fingerprint density at radius 1 is 1.23 bits per heavy atom. The zero-order chi connectivity index (χ0) is 22.0. The third-order valence-corrected chi connectivity index (χ3v) is 7.36. The Morgan fingerprint density at radius 3 is 2.81 bits per heavy atom. The van der Waals surface area contributed by atoms with Crippen molar-refractivity contribution in [2.75, 3.05) is 10.0 Å². The number of nitrogens with zero attached hydrogens (tertiary/aromatic N) is 1. The molecule has 0 unspecified atom stereocenters. The molecule has 0 bridgehead atoms. The van der Waals surface area contributed by atoms with E-state index in [0.29, 0.717) is 38.0 Å². The molecule has 0 fully saturated rings. The van der Waals surface area contributed by atoms with Gasteiger partial charge in [-0.15, -0.1) is 23.1 Å². The van der Waals surface area contributed by atoms with E-state index >= 15 is 0 Å². The summed E-state index contributed by atoms with van der Waals surface area (Å²) in [6, 6.07) is 13.3. The first-order chi connectivity index (χ1) is 14.8. The number of nitrogens with one attached hydrogen (secondary N) is 2. The normalized spacial score (nSPS) is 11.5. The molecule has 0 saturated heterocycles. The van der Waals surface area contributed by atoms with Crippen molar-refractivity contribution in [3.8, 4) is 0 Å². The van der Waals surface area contributed by atoms with Crippen LogP contribution in [-0.4, -0.2) is 24.6 Å². The molecule has 0 aliphatic heterocycles. The number of hydrogen-bond acceptors (Lipinski definition) is 7. The Bertz CT molecular complexity index is 1330. The summed E-state index contributed by atoms with van der Waals surface area (Å²) in [7, 11) is -3.98. The van der Waals surface area contributed by atoms with E-state index in [1.807, 2.05) is 0 Å². The summed E-state index contributed by atoms with van der Waals surface area (Å²) in [5, 5.41) is 13.8. The van der Waals surface area contributed by atoms with Crippen molar-refractivity contribution >= 4 is 72.6 Å². The Labute approximate surface area is 190 Å². The van der Waals surface area contributed by atoms with Gasteiger partial charge in [0, 0.05) is 32.5 Å². The molecule has 0 saturated carbocycles. The Hall–Kier alpha value is -2.73. The molecule has 4 aromatic rings. The minimum atomic E-state index is -3.98. The van der Waals surface area contributed by atoms with Gasteiger partial charge in [-0.2, -0.15) is 8.42 Å². The maximum absolute atomic E-state index is 12.9. The van der Waals surface area contributed by atoms with Crippen LogP contribution >= 0.6 is 34.7 Å². The molecule has 4 rings (SSSR count). The largest absolute Gasteiger partial charge is 0.465 e. The van der Waals surface area contributed by atoms with Gasteiger partial charge in [0.2, 0.25) is 5.09 Å². The monoisotopic (exact) mass is 495 g/mol. The molecule has 160 valence electrons. The van der Waals surface area contributed by atoms with Crippen LogP contribution in [0.25, 0.3) is 11.0 Å². The van der Waals surface area contributed by atoms with E-state index in [1.165, 1.54) is 35.2 Å². The molecule has 31 heavy (non-hydrogen) atoms. The zero-order valence-electron chi connectivity index (χ0n) is 15.5. The molecule has 0 spiro atoms. The Kier molecular flexibility index (Phi) is 6.10. The number of carbonyl (C=O) groups is 1. The Balaban J connectivity index is 1.55. The third kappa shape index (κ3) is 5.13. The van der Waals surface area contributed by atoms with Gasteiger partial charge in [0.05, 0.1) is 11.4 Å². The quantitative estimate of drug-likeness (QED) is 0.280. The minimum Gasteiger partial charge on any atom is -0.465 e. The van der Waals surface area contributed by atoms with Gasteiger partial charge in [-0.25, -0.2) is 9.78 Å². The van der Waals surface area contributed by atoms with Gasteiger partial charge in [0.25, 0.3) is 10.0 Å². The summed E-state index contributed by atoms with van der Waals surface area (Å²) < 4.78 is 33.8. The highest BCUT2D eigenvalue weighted by Gasteiger charge is 2.21. The van der Waals surface area contributed by atoms with Crippen LogP contribution in [0.2, 0.25) is 5.02 Å². The van der Waals surface area contributed by atoms with Gasteiger partial charge in [0.1, 0.15) is 5.58 Å². The predicted octanol–water partition coefficient (Wildman–Crippen LogP) is 5.73. The van der Waals surface area contributed by atoms with Crippen molar-refractivity contribution in [2.45, 2.75) is 15.7 Å². The minimum absolute atomic E-state index is 0.200. The summed E-state index contributed by atoms with van der Waals surface area (Å²) in [4.78, 5) is 15.5. The fourth-order valence-corrected chi connectivity index (χ4v) is 5.63. The number of para-hydroxylation sites is 1. The smallest absolute Gasteiger partial charge is 0.410 e. The second-order valence-corrected chi connectivity index (χ2v) is 10.1. The lowest BCUT2D eigenvalue weighted by Crippen LogP contribution is -2.12. The molecule has 1 amide bonds. The van der Waals surface area contributed by atoms with E-state index in [0.717, 1.165) is 0 Å². The van der Waals surface area contributed by atoms with Crippen LogP contribution < -0.4 is 10.0 Å². The summed E-state index contributed by atoms with van der Waals surface area (Å²) in [6.07, 6.45) is -1.19. The molecule has 0 radical (unpaired) electrons. The molecule has 8 nitrogen and oxygen atoms in total. The lowest BCUT2D eigenvalue weighted by Gasteiger charge is -2.11. The van der Waals surface area contributed by atoms with E-state index in [-0.39, 0.29) is 10.2 Å². The van der Waals surface area contributed by atoms with Gasteiger partial charge >= 0.3 is 6.09 Å². The summed E-state index contributed by atoms with van der Waals surface area (Å²) in [5.41, 5.74) is 1.43. The van der Waals surface area contributed by atoms with Gasteiger partial charge in [-0.3, -0.25) is 10.0 Å². The number of halogens is 1. The first kappa shape index (κ1) is 21.5. The van der Waals surface area contributed by atoms with Gasteiger partial charge < -0.3 is 9.52 Å². The van der Waals surface area contributed by atoms with E-state index in [9.17, 15) is 13.2 Å². The zero-order valence-corrected chi connectivity index (χ0v) is 18.7. The number of anilines is 2. The summed E-state index contributed by atoms with van der Waals surface area (Å²) in [5.74, 6) is 0.402. The van der Waals surface area contributed by atoms with Crippen LogP contribution in [0, 0.1) is 0 Å². The highest BCUT2D eigenvalue weighted by Crippen LogP contribution is 2.34. The molecule has 2 aromatic carbocycles. The number of furan rings is 1. The van der Waals surface area contributed by atoms with Crippen molar-refractivity contribution in [3.63, 3.8) is 0 Å². The second-order valence-electron chi connectivity index (χ2n) is 6.21. The van der Waals surface area contributed by atoms with Crippen molar-refractivity contribution in [1.29, 1.82) is 0 Å². The molecule has 2 aromatic heterocycles. The first-order valence-corrected chi connectivity index (χ1v) is 12.4. The highest BCUT2D eigenvalue weighted by molar-refractivity contribution is 7.98. The number of carboxylic acid groups (broad SMARTS) is 1. The fourth-order valence-electron chi connectivity index (χ4n) is 2.67. The van der Waals surface area contributed by atoms with E-state index in [1.54, 1.807) is 41.8 Å². The van der Waals surface area contributed by atoms with Gasteiger partial charge in [0.15, 0.2) is 5.13 Å².